The lowest BCUT2D eigenvalue weighted by Gasteiger charge is -2.37. The molecule has 0 atom stereocenters. The summed E-state index contributed by atoms with van der Waals surface area (Å²) in [4.78, 5) is 43.9. The van der Waals surface area contributed by atoms with Crippen LogP contribution in [0.3, 0.4) is 0 Å². The van der Waals surface area contributed by atoms with E-state index in [0.717, 1.165) is 0 Å². The number of pyridine rings is 1. The topological polar surface area (TPSA) is 163 Å². The van der Waals surface area contributed by atoms with Crippen LogP contribution < -0.4 is 23.8 Å². The van der Waals surface area contributed by atoms with E-state index >= 15 is 4.39 Å². The molecule has 40 heavy (non-hydrogen) atoms. The molecule has 0 spiro atoms. The van der Waals surface area contributed by atoms with E-state index in [0.29, 0.717) is 5.56 Å². The van der Waals surface area contributed by atoms with Gasteiger partial charge < -0.3 is 28.7 Å². The molecular weight excluding hydrogens is 550 g/mol. The average molecular weight is 590 g/mol. The SMILES string of the molecule is [2H]c1nc(Cc2cc(OC)c(OC)c(OC)c2)nc(Cc2nc3c(c([2H])c2[2H])OC(C([2H])([2H])[2H])(C([2H])([2H])[2H])C(=O)N3C([2H])([2H])OP(=O)(O)O)c1F. The van der Waals surface area contributed by atoms with Crippen molar-refractivity contribution in [1.29, 1.82) is 0 Å². The second kappa shape index (κ2) is 11.3. The van der Waals surface area contributed by atoms with Crippen molar-refractivity contribution in [1.82, 2.24) is 15.0 Å². The Morgan fingerprint density at radius 2 is 1.85 bits per heavy atom. The lowest BCUT2D eigenvalue weighted by Crippen LogP contribution is -2.53. The average Bonchev–Trinajstić information content (AvgIpc) is 2.98. The lowest BCUT2D eigenvalue weighted by molar-refractivity contribution is -0.133. The van der Waals surface area contributed by atoms with Crippen molar-refractivity contribution in [3.8, 4) is 23.0 Å². The number of halogens is 1. The van der Waals surface area contributed by atoms with Crippen molar-refractivity contribution < 1.29 is 62.1 Å². The molecule has 0 bridgehead atoms. The van der Waals surface area contributed by atoms with Crippen molar-refractivity contribution in [3.63, 3.8) is 0 Å². The summed E-state index contributed by atoms with van der Waals surface area (Å²) in [5, 5.41) is 0. The first-order chi connectivity index (χ1) is 23.3. The number of carbonyl (C=O) groups is 1. The number of benzene rings is 1. The molecule has 1 aliphatic rings. The number of amides is 1. The van der Waals surface area contributed by atoms with Crippen LogP contribution in [0.15, 0.2) is 30.4 Å². The predicted molar refractivity (Wildman–Crippen MR) is 138 cm³/mol. The molecule has 0 fully saturated rings. The summed E-state index contributed by atoms with van der Waals surface area (Å²) in [6.07, 6.45) is -1.92. The fourth-order valence-electron chi connectivity index (χ4n) is 3.51. The van der Waals surface area contributed by atoms with Crippen LogP contribution in [-0.2, 0) is 26.7 Å². The maximum Gasteiger partial charge on any atom is 0.471 e. The third kappa shape index (κ3) is 6.31. The van der Waals surface area contributed by atoms with Gasteiger partial charge in [-0.15, -0.1) is 0 Å². The normalized spacial score (nSPS) is 19.4. The van der Waals surface area contributed by atoms with Crippen molar-refractivity contribution in [3.05, 3.63) is 59.0 Å². The number of hydrogen-bond donors (Lipinski definition) is 2. The zero-order chi connectivity index (χ0) is 38.6. The quantitative estimate of drug-likeness (QED) is 0.333. The van der Waals surface area contributed by atoms with Gasteiger partial charge in [-0.2, -0.15) is 0 Å². The summed E-state index contributed by atoms with van der Waals surface area (Å²) in [6, 6.07) is 0.916. The zero-order valence-electron chi connectivity index (χ0n) is 31.9. The number of methoxy groups -OCH3 is 3. The van der Waals surface area contributed by atoms with Crippen LogP contribution in [0.25, 0.3) is 0 Å². The van der Waals surface area contributed by atoms with Gasteiger partial charge in [0.2, 0.25) is 5.75 Å². The highest BCUT2D eigenvalue weighted by Crippen LogP contribution is 2.41. The molecule has 4 rings (SSSR count). The summed E-state index contributed by atoms with van der Waals surface area (Å²) in [5.41, 5.74) is -4.82. The monoisotopic (exact) mass is 589 g/mol. The molecule has 2 aromatic heterocycles. The molecule has 0 saturated heterocycles. The van der Waals surface area contributed by atoms with E-state index in [2.05, 4.69) is 19.5 Å². The number of fused-ring (bicyclic) bond motifs is 1. The van der Waals surface area contributed by atoms with Crippen molar-refractivity contribution in [2.24, 2.45) is 0 Å². The molecule has 0 radical (unpaired) electrons. The van der Waals surface area contributed by atoms with Crippen LogP contribution in [0, 0.1) is 5.82 Å². The van der Waals surface area contributed by atoms with E-state index in [9.17, 15) is 19.1 Å². The van der Waals surface area contributed by atoms with Crippen LogP contribution in [-0.4, -0.2) is 64.3 Å². The molecule has 15 heteroatoms. The molecule has 2 N–H and O–H groups in total. The molecule has 13 nitrogen and oxygen atoms in total. The second-order valence-electron chi connectivity index (χ2n) is 7.96. The molecule has 1 aliphatic heterocycles. The first-order valence-electron chi connectivity index (χ1n) is 16.4. The fraction of sp³-hybridized carbons (Fsp3) is 0.360. The van der Waals surface area contributed by atoms with Crippen LogP contribution in [0.5, 0.6) is 23.0 Å². The van der Waals surface area contributed by atoms with E-state index in [-0.39, 0.29) is 29.5 Å². The van der Waals surface area contributed by atoms with E-state index < -0.39 is 98.1 Å². The summed E-state index contributed by atoms with van der Waals surface area (Å²) >= 11 is 0. The van der Waals surface area contributed by atoms with Crippen molar-refractivity contribution in [2.45, 2.75) is 32.1 Å². The van der Waals surface area contributed by atoms with Crippen LogP contribution >= 0.6 is 7.82 Å². The Hall–Kier alpha value is -3.84. The Kier molecular flexibility index (Phi) is 5.04. The molecule has 214 valence electrons. The zero-order valence-corrected chi connectivity index (χ0v) is 21.8. The maximum atomic E-state index is 15.3. The molecular formula is C25H28FN4O9P. The smallest absolute Gasteiger partial charge is 0.471 e. The molecule has 0 saturated carbocycles. The van der Waals surface area contributed by atoms with Crippen molar-refractivity contribution >= 4 is 19.5 Å². The number of nitrogens with zero attached hydrogens (tertiary/aromatic N) is 4. The van der Waals surface area contributed by atoms with Crippen LogP contribution in [0.1, 0.15) is 51.6 Å². The van der Waals surface area contributed by atoms with Crippen LogP contribution in [0.2, 0.25) is 0 Å². The van der Waals surface area contributed by atoms with Gasteiger partial charge in [-0.25, -0.2) is 23.9 Å². The number of phosphoric ester groups is 1. The third-order valence-corrected chi connectivity index (χ3v) is 5.53. The standard InChI is InChI=1S/C25H28FN4O9P/c1-25(2)24(31)30(13-38-40(32,33)34)23-18(39-25)7-6-15(28-23)11-17-16(26)12-27-21(29-17)10-14-8-19(35-3)22(37-5)20(9-14)36-4/h6-9,12H,10-11,13H2,1-5H3,(H2,32,33,34)/i1D3,2D3,6D,7D,12D,13D2. The molecule has 3 aromatic rings. The Labute approximate surface area is 244 Å². The summed E-state index contributed by atoms with van der Waals surface area (Å²) in [5.74, 6) is -5.46. The van der Waals surface area contributed by atoms with E-state index in [1.54, 1.807) is 0 Å². The minimum Gasteiger partial charge on any atom is -0.493 e. The van der Waals surface area contributed by atoms with Gasteiger partial charge in [-0.05, 0) is 43.5 Å². The number of hydrogen-bond acceptors (Lipinski definition) is 10. The van der Waals surface area contributed by atoms with Gasteiger partial charge in [0.05, 0.1) is 40.1 Å². The molecule has 0 unspecified atom stereocenters. The van der Waals surface area contributed by atoms with Gasteiger partial charge in [0.25, 0.3) is 5.91 Å². The Bertz CT molecular complexity index is 1890. The summed E-state index contributed by atoms with van der Waals surface area (Å²) in [6.45, 7) is -12.0. The van der Waals surface area contributed by atoms with Gasteiger partial charge >= 0.3 is 7.82 Å². The number of aromatic nitrogens is 3. The minimum atomic E-state index is -5.88. The van der Waals surface area contributed by atoms with Crippen molar-refractivity contribution in [2.75, 3.05) is 32.9 Å². The highest BCUT2D eigenvalue weighted by atomic mass is 31.2. The highest BCUT2D eigenvalue weighted by Gasteiger charge is 2.42. The van der Waals surface area contributed by atoms with E-state index in [1.165, 1.54) is 33.5 Å². The van der Waals surface area contributed by atoms with Gasteiger partial charge in [0.1, 0.15) is 12.5 Å². The predicted octanol–water partition coefficient (Wildman–Crippen LogP) is 2.79. The summed E-state index contributed by atoms with van der Waals surface area (Å²) in [7, 11) is -1.75. The minimum absolute atomic E-state index is 0.145. The molecule has 0 aliphatic carbocycles. The maximum absolute atomic E-state index is 15.3. The second-order valence-corrected chi connectivity index (χ2v) is 9.12. The summed E-state index contributed by atoms with van der Waals surface area (Å²) < 4.78 is 141. The van der Waals surface area contributed by atoms with E-state index in [4.69, 9.17) is 34.0 Å². The van der Waals surface area contributed by atoms with Gasteiger partial charge in [0.15, 0.2) is 34.5 Å². The number of phosphoric acid groups is 1. The lowest BCUT2D eigenvalue weighted by atomic mass is 10.1. The number of anilines is 1. The number of ether oxygens (including phenoxy) is 4. The molecule has 1 aromatic carbocycles. The third-order valence-electron chi connectivity index (χ3n) is 5.21. The first kappa shape index (κ1) is 17.8. The van der Waals surface area contributed by atoms with Gasteiger partial charge in [-0.1, -0.05) is 0 Å². The van der Waals surface area contributed by atoms with E-state index in [1.807, 2.05) is 0 Å². The Morgan fingerprint density at radius 3 is 2.45 bits per heavy atom. The Morgan fingerprint density at radius 1 is 1.15 bits per heavy atom. The Balaban J connectivity index is 1.91. The highest BCUT2D eigenvalue weighted by molar-refractivity contribution is 7.46. The fourth-order valence-corrected chi connectivity index (χ4v) is 3.70. The molecule has 3 heterocycles. The number of carbonyl (C=O) groups excluding carboxylic acids is 1. The first-order valence-corrected chi connectivity index (χ1v) is 12.5. The van der Waals surface area contributed by atoms with Gasteiger partial charge in [0, 0.05) is 26.8 Å². The number of rotatable bonds is 10. The van der Waals surface area contributed by atoms with Gasteiger partial charge in [-0.3, -0.25) is 14.2 Å². The largest absolute Gasteiger partial charge is 0.493 e. The van der Waals surface area contributed by atoms with Crippen LogP contribution in [0.4, 0.5) is 10.2 Å². The molecule has 1 amide bonds.